The summed E-state index contributed by atoms with van der Waals surface area (Å²) in [4.78, 5) is 0. The number of nitrogens with zero attached hydrogens (tertiary/aromatic N) is 4. The Hall–Kier alpha value is -1.24. The Labute approximate surface area is 243 Å². The van der Waals surface area contributed by atoms with E-state index in [9.17, 15) is 18.6 Å². The molecule has 0 amide bonds. The fourth-order valence-corrected chi connectivity index (χ4v) is 8.35. The van der Waals surface area contributed by atoms with Crippen LogP contribution in [0.2, 0.25) is 0 Å². The van der Waals surface area contributed by atoms with Crippen molar-refractivity contribution in [3.8, 4) is 11.8 Å². The van der Waals surface area contributed by atoms with E-state index >= 15 is 0 Å². The Morgan fingerprint density at radius 3 is 1.32 bits per heavy atom. The highest BCUT2D eigenvalue weighted by Gasteiger charge is 2.22. The molecule has 2 N–H and O–H groups in total. The van der Waals surface area contributed by atoms with Crippen LogP contribution in [0.15, 0.2) is 12.4 Å². The van der Waals surface area contributed by atoms with E-state index in [1.807, 2.05) is 23.0 Å². The van der Waals surface area contributed by atoms with Crippen LogP contribution in [0.4, 0.5) is 0 Å². The summed E-state index contributed by atoms with van der Waals surface area (Å²) < 4.78 is 33.7. The van der Waals surface area contributed by atoms with Gasteiger partial charge in [0.2, 0.25) is 11.8 Å². The summed E-state index contributed by atoms with van der Waals surface area (Å²) in [5.74, 6) is 2.40. The average molecular weight is 607 g/mol. The lowest BCUT2D eigenvalue weighted by Gasteiger charge is -2.25. The minimum absolute atomic E-state index is 0.0518. The molecule has 38 heavy (non-hydrogen) atoms. The minimum atomic E-state index is -1.02. The van der Waals surface area contributed by atoms with Gasteiger partial charge in [-0.15, -0.1) is 0 Å². The average Bonchev–Trinajstić information content (AvgIpc) is 3.30. The monoisotopic (exact) mass is 606 g/mol. The lowest BCUT2D eigenvalue weighted by Crippen LogP contribution is -2.22. The van der Waals surface area contributed by atoms with Gasteiger partial charge in [-0.25, -0.2) is 0 Å². The standard InChI is InChI=1S/C26H46N4O4S4/c1-7-27-19-21(31)29(23(27)35)13-9-25(3,4)11-15-37(33)17-18-38(34)16-12-26(5,6)10-14-30-22(32)20-28(8-2)24(30)36/h19-20,31-32H,7-18H2,1-6H3. The lowest BCUT2D eigenvalue weighted by atomic mass is 9.86. The summed E-state index contributed by atoms with van der Waals surface area (Å²) in [6.07, 6.45) is 6.53. The van der Waals surface area contributed by atoms with Crippen molar-refractivity contribution in [1.29, 1.82) is 0 Å². The number of hydrogen-bond donors (Lipinski definition) is 2. The molecule has 0 saturated carbocycles. The second-order valence-corrected chi connectivity index (χ2v) is 15.6. The molecule has 0 radical (unpaired) electrons. The maximum absolute atomic E-state index is 12.6. The molecule has 2 aromatic rings. The third kappa shape index (κ3) is 9.75. The third-order valence-electron chi connectivity index (χ3n) is 7.31. The Balaban J connectivity index is 1.72. The van der Waals surface area contributed by atoms with E-state index in [2.05, 4.69) is 27.7 Å². The van der Waals surface area contributed by atoms with Crippen LogP contribution in [0.3, 0.4) is 0 Å². The zero-order valence-corrected chi connectivity index (χ0v) is 27.0. The Morgan fingerprint density at radius 1 is 0.684 bits per heavy atom. The third-order valence-corrected chi connectivity index (χ3v) is 11.1. The van der Waals surface area contributed by atoms with Gasteiger partial charge in [0, 0.05) is 70.8 Å². The number of aromatic nitrogens is 4. The van der Waals surface area contributed by atoms with Gasteiger partial charge in [-0.05, 0) is 74.8 Å². The summed E-state index contributed by atoms with van der Waals surface area (Å²) in [5.41, 5.74) is -0.104. The van der Waals surface area contributed by atoms with Gasteiger partial charge in [0.05, 0.1) is 12.4 Å². The van der Waals surface area contributed by atoms with Gasteiger partial charge in [0.1, 0.15) is 0 Å². The van der Waals surface area contributed by atoms with Crippen LogP contribution in [-0.2, 0) is 47.8 Å². The van der Waals surface area contributed by atoms with Gasteiger partial charge in [0.25, 0.3) is 0 Å². The van der Waals surface area contributed by atoms with Gasteiger partial charge in [0.15, 0.2) is 9.54 Å². The smallest absolute Gasteiger partial charge is 0.210 e. The fourth-order valence-electron chi connectivity index (χ4n) is 4.16. The van der Waals surface area contributed by atoms with E-state index in [4.69, 9.17) is 24.4 Å². The molecule has 2 heterocycles. The van der Waals surface area contributed by atoms with Crippen LogP contribution in [0.1, 0.15) is 67.2 Å². The molecule has 0 aliphatic rings. The molecule has 2 aromatic heterocycles. The number of hydrogen-bond acceptors (Lipinski definition) is 6. The number of imidazole rings is 2. The first kappa shape index (κ1) is 33.0. The quantitative estimate of drug-likeness (QED) is 0.227. The van der Waals surface area contributed by atoms with Gasteiger partial charge < -0.3 is 19.3 Å². The first-order valence-electron chi connectivity index (χ1n) is 13.4. The molecule has 2 rings (SSSR count). The van der Waals surface area contributed by atoms with Crippen molar-refractivity contribution in [2.75, 3.05) is 23.0 Å². The topological polar surface area (TPSA) is 94.3 Å². The molecule has 0 aromatic carbocycles. The van der Waals surface area contributed by atoms with Crippen LogP contribution in [0.25, 0.3) is 0 Å². The van der Waals surface area contributed by atoms with Crippen molar-refractivity contribution in [3.05, 3.63) is 21.9 Å². The SMILES string of the molecule is CCn1cc(O)n(CCC(C)(C)CCS(=O)CCS(=O)CCC(C)(C)CCn2c(O)cn(CC)c2=S)c1=S. The molecule has 0 aliphatic carbocycles. The highest BCUT2D eigenvalue weighted by molar-refractivity contribution is 7.88. The largest absolute Gasteiger partial charge is 0.493 e. The van der Waals surface area contributed by atoms with Crippen LogP contribution in [0, 0.1) is 20.4 Å². The zero-order valence-electron chi connectivity index (χ0n) is 23.8. The van der Waals surface area contributed by atoms with Crippen molar-refractivity contribution in [2.45, 2.75) is 93.4 Å². The molecule has 0 spiro atoms. The summed E-state index contributed by atoms with van der Waals surface area (Å²) in [7, 11) is -2.03. The van der Waals surface area contributed by atoms with Gasteiger partial charge >= 0.3 is 0 Å². The van der Waals surface area contributed by atoms with Crippen LogP contribution >= 0.6 is 24.4 Å². The zero-order chi connectivity index (χ0) is 28.7. The molecule has 0 saturated heterocycles. The molecular weight excluding hydrogens is 561 g/mol. The fraction of sp³-hybridized carbons (Fsp3) is 0.769. The molecule has 2 atom stereocenters. The minimum Gasteiger partial charge on any atom is -0.493 e. The molecule has 0 aliphatic heterocycles. The number of rotatable bonds is 17. The van der Waals surface area contributed by atoms with Crippen LogP contribution < -0.4 is 0 Å². The normalized spacial score (nSPS) is 14.2. The number of aromatic hydroxyl groups is 2. The van der Waals surface area contributed by atoms with E-state index in [-0.39, 0.29) is 22.6 Å². The van der Waals surface area contributed by atoms with Crippen molar-refractivity contribution in [1.82, 2.24) is 18.3 Å². The van der Waals surface area contributed by atoms with E-state index in [1.54, 1.807) is 21.5 Å². The van der Waals surface area contributed by atoms with Crippen LogP contribution in [0.5, 0.6) is 11.8 Å². The Kier molecular flexibility index (Phi) is 12.5. The molecule has 12 heteroatoms. The lowest BCUT2D eigenvalue weighted by molar-refractivity contribution is 0.292. The molecule has 218 valence electrons. The van der Waals surface area contributed by atoms with Gasteiger partial charge in [-0.1, -0.05) is 27.7 Å². The van der Waals surface area contributed by atoms with E-state index in [1.165, 1.54) is 0 Å². The molecular formula is C26H46N4O4S4. The second kappa shape index (κ2) is 14.4. The predicted octanol–water partition coefficient (Wildman–Crippen LogP) is 5.61. The summed E-state index contributed by atoms with van der Waals surface area (Å²) >= 11 is 10.9. The first-order chi connectivity index (χ1) is 17.7. The maximum atomic E-state index is 12.6. The summed E-state index contributed by atoms with van der Waals surface area (Å²) in [6, 6.07) is 0. The Morgan fingerprint density at radius 2 is 1.03 bits per heavy atom. The molecule has 2 unspecified atom stereocenters. The van der Waals surface area contributed by atoms with Crippen molar-refractivity contribution in [2.24, 2.45) is 10.8 Å². The molecule has 0 bridgehead atoms. The predicted molar refractivity (Wildman–Crippen MR) is 163 cm³/mol. The van der Waals surface area contributed by atoms with Gasteiger partial charge in [-0.3, -0.25) is 17.6 Å². The van der Waals surface area contributed by atoms with Crippen molar-refractivity contribution < 1.29 is 18.6 Å². The van der Waals surface area contributed by atoms with Crippen molar-refractivity contribution in [3.63, 3.8) is 0 Å². The highest BCUT2D eigenvalue weighted by Crippen LogP contribution is 2.29. The van der Waals surface area contributed by atoms with E-state index in [0.717, 1.165) is 25.7 Å². The van der Waals surface area contributed by atoms with Gasteiger partial charge in [-0.2, -0.15) is 0 Å². The molecule has 8 nitrogen and oxygen atoms in total. The van der Waals surface area contributed by atoms with E-state index < -0.39 is 21.6 Å². The number of aryl methyl sites for hydroxylation is 2. The summed E-state index contributed by atoms with van der Waals surface area (Å²) in [6.45, 7) is 15.2. The second-order valence-electron chi connectivity index (χ2n) is 11.4. The van der Waals surface area contributed by atoms with Crippen molar-refractivity contribution >= 4 is 46.0 Å². The maximum Gasteiger partial charge on any atom is 0.210 e. The Bertz CT molecular complexity index is 1130. The first-order valence-corrected chi connectivity index (χ1v) is 17.2. The summed E-state index contributed by atoms with van der Waals surface area (Å²) in [5, 5.41) is 20.3. The van der Waals surface area contributed by atoms with Crippen LogP contribution in [-0.4, -0.2) is 59.9 Å². The van der Waals surface area contributed by atoms with E-state index in [0.29, 0.717) is 58.7 Å². The molecule has 0 fully saturated rings. The highest BCUT2D eigenvalue weighted by atomic mass is 32.2.